The van der Waals surface area contributed by atoms with E-state index in [1.165, 1.54) is 18.4 Å². The zero-order chi connectivity index (χ0) is 15.5. The maximum Gasteiger partial charge on any atom is 0.231 e. The molecule has 1 aliphatic carbocycles. The van der Waals surface area contributed by atoms with Gasteiger partial charge in [-0.15, -0.1) is 0 Å². The van der Waals surface area contributed by atoms with E-state index in [9.17, 15) is 4.21 Å². The molecule has 1 N–H and O–H groups in total. The Morgan fingerprint density at radius 3 is 2.86 bits per heavy atom. The van der Waals surface area contributed by atoms with E-state index < -0.39 is 10.8 Å². The number of hydrogen-bond acceptors (Lipinski definition) is 4. The third-order valence-corrected chi connectivity index (χ3v) is 6.49. The number of rotatable bonds is 5. The normalized spacial score (nSPS) is 26.6. The standard InChI is InChI=1S/C17H25NO3S/c1-3-22(19)17-7-5-4-6-14(17)18-12(2)13-8-9-15-16(10-13)21-11-20-15/h8-10,12,14,17-18H,3-7,11H2,1-2H3. The zero-order valence-electron chi connectivity index (χ0n) is 13.3. The molecule has 3 rings (SSSR count). The second-order valence-electron chi connectivity index (χ2n) is 6.10. The van der Waals surface area contributed by atoms with E-state index in [0.29, 0.717) is 12.8 Å². The Bertz CT molecular complexity index is 549. The second kappa shape index (κ2) is 7.01. The Labute approximate surface area is 135 Å². The van der Waals surface area contributed by atoms with Crippen LogP contribution < -0.4 is 14.8 Å². The van der Waals surface area contributed by atoms with Crippen LogP contribution in [-0.4, -0.2) is 28.0 Å². The number of nitrogens with one attached hydrogen (secondary N) is 1. The van der Waals surface area contributed by atoms with E-state index in [1.54, 1.807) is 0 Å². The quantitative estimate of drug-likeness (QED) is 0.904. The summed E-state index contributed by atoms with van der Waals surface area (Å²) in [7, 11) is -0.723. The summed E-state index contributed by atoms with van der Waals surface area (Å²) in [5, 5.41) is 3.99. The monoisotopic (exact) mass is 323 g/mol. The molecule has 22 heavy (non-hydrogen) atoms. The van der Waals surface area contributed by atoms with Crippen LogP contribution in [0.1, 0.15) is 51.1 Å². The van der Waals surface area contributed by atoms with E-state index in [2.05, 4.69) is 24.4 Å². The highest BCUT2D eigenvalue weighted by atomic mass is 32.2. The lowest BCUT2D eigenvalue weighted by molar-refractivity contribution is 0.174. The molecule has 4 unspecified atom stereocenters. The number of fused-ring (bicyclic) bond motifs is 1. The molecule has 1 aromatic rings. The highest BCUT2D eigenvalue weighted by molar-refractivity contribution is 7.85. The van der Waals surface area contributed by atoms with Crippen LogP contribution >= 0.6 is 0 Å². The molecule has 4 nitrogen and oxygen atoms in total. The second-order valence-corrected chi connectivity index (χ2v) is 8.04. The van der Waals surface area contributed by atoms with Gasteiger partial charge in [0.2, 0.25) is 6.79 Å². The van der Waals surface area contributed by atoms with Crippen molar-refractivity contribution >= 4 is 10.8 Å². The van der Waals surface area contributed by atoms with Gasteiger partial charge in [0.25, 0.3) is 0 Å². The maximum absolute atomic E-state index is 12.3. The predicted octanol–water partition coefficient (Wildman–Crippen LogP) is 3.15. The van der Waals surface area contributed by atoms with Crippen LogP contribution in [-0.2, 0) is 10.8 Å². The minimum atomic E-state index is -0.723. The molecule has 1 aliphatic heterocycles. The summed E-state index contributed by atoms with van der Waals surface area (Å²) in [6.07, 6.45) is 4.62. The van der Waals surface area contributed by atoms with Crippen molar-refractivity contribution in [2.75, 3.05) is 12.5 Å². The molecule has 0 spiro atoms. The van der Waals surface area contributed by atoms with Crippen molar-refractivity contribution in [1.82, 2.24) is 5.32 Å². The fourth-order valence-corrected chi connectivity index (χ4v) is 4.85. The van der Waals surface area contributed by atoms with Crippen molar-refractivity contribution in [1.29, 1.82) is 0 Å². The average Bonchev–Trinajstić information content (AvgIpc) is 3.02. The number of hydrogen-bond donors (Lipinski definition) is 1. The van der Waals surface area contributed by atoms with Crippen LogP contribution in [0.2, 0.25) is 0 Å². The van der Waals surface area contributed by atoms with Crippen LogP contribution in [0.5, 0.6) is 11.5 Å². The Kier molecular flexibility index (Phi) is 5.03. The molecule has 1 fully saturated rings. The first-order chi connectivity index (χ1) is 10.7. The lowest BCUT2D eigenvalue weighted by Crippen LogP contribution is -2.45. The zero-order valence-corrected chi connectivity index (χ0v) is 14.2. The molecule has 0 radical (unpaired) electrons. The van der Waals surface area contributed by atoms with Gasteiger partial charge < -0.3 is 14.8 Å². The van der Waals surface area contributed by atoms with Gasteiger partial charge in [-0.1, -0.05) is 25.8 Å². The maximum atomic E-state index is 12.3. The van der Waals surface area contributed by atoms with E-state index >= 15 is 0 Å². The smallest absolute Gasteiger partial charge is 0.231 e. The molecule has 2 aliphatic rings. The van der Waals surface area contributed by atoms with Gasteiger partial charge in [-0.2, -0.15) is 0 Å². The van der Waals surface area contributed by atoms with Crippen LogP contribution in [0.4, 0.5) is 0 Å². The molecular formula is C17H25NO3S. The third-order valence-electron chi connectivity index (χ3n) is 4.69. The van der Waals surface area contributed by atoms with Crippen molar-refractivity contribution in [2.45, 2.75) is 56.9 Å². The fraction of sp³-hybridized carbons (Fsp3) is 0.647. The summed E-state index contributed by atoms with van der Waals surface area (Å²) >= 11 is 0. The van der Waals surface area contributed by atoms with Crippen molar-refractivity contribution < 1.29 is 13.7 Å². The molecule has 0 amide bonds. The summed E-state index contributed by atoms with van der Waals surface area (Å²) in [5.41, 5.74) is 1.19. The van der Waals surface area contributed by atoms with Gasteiger partial charge in [0.15, 0.2) is 11.5 Å². The van der Waals surface area contributed by atoms with Crippen molar-refractivity contribution in [3.63, 3.8) is 0 Å². The Morgan fingerprint density at radius 1 is 1.27 bits per heavy atom. The first-order valence-electron chi connectivity index (χ1n) is 8.21. The summed E-state index contributed by atoms with van der Waals surface area (Å²) in [6.45, 7) is 4.49. The number of ether oxygens (including phenoxy) is 2. The molecule has 0 bridgehead atoms. The largest absolute Gasteiger partial charge is 0.454 e. The minimum absolute atomic E-state index is 0.217. The summed E-state index contributed by atoms with van der Waals surface area (Å²) in [5.74, 6) is 2.39. The molecule has 122 valence electrons. The van der Waals surface area contributed by atoms with E-state index in [0.717, 1.165) is 30.1 Å². The van der Waals surface area contributed by atoms with Crippen molar-refractivity contribution in [3.05, 3.63) is 23.8 Å². The first kappa shape index (κ1) is 15.8. The van der Waals surface area contributed by atoms with Gasteiger partial charge in [-0.05, 0) is 37.5 Å². The lowest BCUT2D eigenvalue weighted by Gasteiger charge is -2.33. The van der Waals surface area contributed by atoms with Gasteiger partial charge in [0.05, 0.1) is 5.25 Å². The summed E-state index contributed by atoms with van der Waals surface area (Å²) in [4.78, 5) is 0. The van der Waals surface area contributed by atoms with Crippen LogP contribution in [0.25, 0.3) is 0 Å². The Balaban J connectivity index is 1.69. The van der Waals surface area contributed by atoms with Crippen molar-refractivity contribution in [3.8, 4) is 11.5 Å². The Morgan fingerprint density at radius 2 is 2.05 bits per heavy atom. The number of benzene rings is 1. The molecule has 1 aromatic carbocycles. The summed E-state index contributed by atoms with van der Waals surface area (Å²) in [6, 6.07) is 6.66. The molecule has 1 saturated carbocycles. The van der Waals surface area contributed by atoms with Crippen molar-refractivity contribution in [2.24, 2.45) is 0 Å². The van der Waals surface area contributed by atoms with Crippen LogP contribution in [0.3, 0.4) is 0 Å². The van der Waals surface area contributed by atoms with Gasteiger partial charge in [0, 0.05) is 28.6 Å². The van der Waals surface area contributed by atoms with Gasteiger partial charge in [-0.25, -0.2) is 0 Å². The van der Waals surface area contributed by atoms with E-state index in [-0.39, 0.29) is 11.3 Å². The van der Waals surface area contributed by atoms with Gasteiger partial charge in [0.1, 0.15) is 0 Å². The SMILES string of the molecule is CCS(=O)C1CCCCC1NC(C)c1ccc2c(c1)OCO2. The van der Waals surface area contributed by atoms with Crippen LogP contribution in [0.15, 0.2) is 18.2 Å². The van der Waals surface area contributed by atoms with Gasteiger partial charge in [-0.3, -0.25) is 4.21 Å². The minimum Gasteiger partial charge on any atom is -0.454 e. The topological polar surface area (TPSA) is 47.6 Å². The fourth-order valence-electron chi connectivity index (χ4n) is 3.42. The molecule has 4 atom stereocenters. The van der Waals surface area contributed by atoms with Crippen LogP contribution in [0, 0.1) is 0 Å². The predicted molar refractivity (Wildman–Crippen MR) is 88.8 cm³/mol. The van der Waals surface area contributed by atoms with Gasteiger partial charge >= 0.3 is 0 Å². The molecule has 0 saturated heterocycles. The molecular weight excluding hydrogens is 298 g/mol. The first-order valence-corrected chi connectivity index (χ1v) is 9.60. The lowest BCUT2D eigenvalue weighted by atomic mass is 9.93. The summed E-state index contributed by atoms with van der Waals surface area (Å²) < 4.78 is 23.1. The van der Waals surface area contributed by atoms with E-state index in [4.69, 9.17) is 9.47 Å². The molecule has 1 heterocycles. The highest BCUT2D eigenvalue weighted by Crippen LogP contribution is 2.34. The average molecular weight is 323 g/mol. The van der Waals surface area contributed by atoms with E-state index in [1.807, 2.05) is 13.0 Å². The Hall–Kier alpha value is -1.07. The third kappa shape index (κ3) is 3.30. The molecule has 5 heteroatoms. The molecule has 0 aromatic heterocycles. The highest BCUT2D eigenvalue weighted by Gasteiger charge is 2.30.